The standard InChI is InChI=1S/C23H26N2O2.C13H15NO3.C10H13N.C9H9Cl.C3H4O4.C2H6O.CH5N/c1-5-18-7-11-20(12-8-18)16-24(3)22(26)15-23(27)25(4)17-21-13-9-19(6-2)10-14-21;1-3-10-4-6-11(7-5-10)9-14(2)12(15)8-13(16)17;1-3-9-4-6-10(7-5-9)8-11-2;1-2-8-3-5-9(7-10)6-4-8;4-2(5)1-3(6)7;1-2-3;1-2/h5-14H,1-2,15-17H2,3-4H3;3-7H,1,8-9H2,2H3,(H,16,17);3-7,11H,1,8H2,2H3;2-6H,1,7H2;1H2,(H,4,5)(H,6,7);3H,2H2,1H3;2H2,1H3. The molecule has 0 saturated heterocycles. The van der Waals surface area contributed by atoms with Gasteiger partial charge in [-0.25, -0.2) is 0 Å². The molecule has 5 rings (SSSR count). The molecule has 0 aromatic heterocycles. The number of carbonyl (C=O) groups is 6. The Kier molecular flexibility index (Phi) is 39.6. The van der Waals surface area contributed by atoms with Crippen LogP contribution >= 0.6 is 11.6 Å². The number of halogens is 1. The highest BCUT2D eigenvalue weighted by atomic mass is 35.5. The van der Waals surface area contributed by atoms with Gasteiger partial charge in [-0.1, -0.05) is 185 Å². The topological polar surface area (TPSA) is 231 Å². The second kappa shape index (κ2) is 43.1. The summed E-state index contributed by atoms with van der Waals surface area (Å²) < 4.78 is 0. The van der Waals surface area contributed by atoms with Crippen LogP contribution in [0.4, 0.5) is 0 Å². The van der Waals surface area contributed by atoms with E-state index in [1.165, 1.54) is 23.1 Å². The fraction of sp³-hybridized carbons (Fsp3) is 0.246. The molecule has 0 spiro atoms. The van der Waals surface area contributed by atoms with E-state index in [1.54, 1.807) is 56.1 Å². The molecule has 77 heavy (non-hydrogen) atoms. The van der Waals surface area contributed by atoms with Crippen molar-refractivity contribution in [1.29, 1.82) is 0 Å². The number of nitrogens with one attached hydrogen (secondary N) is 1. The summed E-state index contributed by atoms with van der Waals surface area (Å²) in [5.41, 5.74) is 15.3. The highest BCUT2D eigenvalue weighted by Crippen LogP contribution is 2.13. The number of benzene rings is 5. The molecule has 0 aliphatic carbocycles. The number of rotatable bonds is 20. The van der Waals surface area contributed by atoms with Gasteiger partial charge in [-0.3, -0.25) is 28.8 Å². The maximum Gasteiger partial charge on any atom is 0.314 e. The van der Waals surface area contributed by atoms with Crippen LogP contribution in [0.1, 0.15) is 81.8 Å². The first kappa shape index (κ1) is 70.9. The van der Waals surface area contributed by atoms with Crippen molar-refractivity contribution in [2.45, 2.75) is 58.2 Å². The van der Waals surface area contributed by atoms with Crippen molar-refractivity contribution in [3.63, 3.8) is 0 Å². The highest BCUT2D eigenvalue weighted by molar-refractivity contribution is 6.17. The van der Waals surface area contributed by atoms with Crippen molar-refractivity contribution in [3.8, 4) is 0 Å². The molecule has 0 aliphatic rings. The van der Waals surface area contributed by atoms with Crippen LogP contribution in [-0.4, -0.2) is 113 Å². The van der Waals surface area contributed by atoms with Crippen LogP contribution in [0.25, 0.3) is 30.4 Å². The number of aliphatic carboxylic acids is 3. The van der Waals surface area contributed by atoms with Crippen LogP contribution in [0.2, 0.25) is 0 Å². The third-order valence-corrected chi connectivity index (χ3v) is 10.4. The molecule has 15 nitrogen and oxygen atoms in total. The van der Waals surface area contributed by atoms with E-state index in [9.17, 15) is 28.8 Å². The number of carbonyl (C=O) groups excluding carboxylic acids is 3. The van der Waals surface area contributed by atoms with Crippen LogP contribution < -0.4 is 11.1 Å². The number of nitrogens with zero attached hydrogens (tertiary/aromatic N) is 3. The van der Waals surface area contributed by atoms with Gasteiger partial charge in [0.2, 0.25) is 17.7 Å². The van der Waals surface area contributed by atoms with Gasteiger partial charge in [-0.2, -0.15) is 0 Å². The van der Waals surface area contributed by atoms with Crippen molar-refractivity contribution in [3.05, 3.63) is 210 Å². The first-order chi connectivity index (χ1) is 36.7. The molecule has 0 aliphatic heterocycles. The van der Waals surface area contributed by atoms with E-state index in [2.05, 4.69) is 68.2 Å². The summed E-state index contributed by atoms with van der Waals surface area (Å²) in [6.07, 6.45) is 7.55. The van der Waals surface area contributed by atoms with Crippen LogP contribution in [0.15, 0.2) is 154 Å². The number of hydrogen-bond donors (Lipinski definition) is 6. The number of aliphatic hydroxyl groups is 1. The molecule has 0 unspecified atom stereocenters. The monoisotopic (exact) mass is 1080 g/mol. The van der Waals surface area contributed by atoms with Gasteiger partial charge < -0.3 is 46.2 Å². The number of hydrogen-bond acceptors (Lipinski definition) is 9. The van der Waals surface area contributed by atoms with Crippen molar-refractivity contribution in [2.24, 2.45) is 5.73 Å². The molecule has 0 radical (unpaired) electrons. The Labute approximate surface area is 460 Å². The molecule has 5 aromatic rings. The number of carboxylic acids is 3. The number of amides is 3. The van der Waals surface area contributed by atoms with Gasteiger partial charge in [0, 0.05) is 59.8 Å². The first-order valence-electron chi connectivity index (χ1n) is 24.1. The minimum atomic E-state index is -1.31. The van der Waals surface area contributed by atoms with E-state index in [-0.39, 0.29) is 24.8 Å². The fourth-order valence-electron chi connectivity index (χ4n) is 5.87. The second-order valence-corrected chi connectivity index (χ2v) is 16.4. The molecule has 0 fully saturated rings. The lowest BCUT2D eigenvalue weighted by atomic mass is 10.1. The molecule has 0 heterocycles. The molecule has 0 saturated carbocycles. The number of aliphatic hydroxyl groups excluding tert-OH is 1. The normalized spacial score (nSPS) is 9.31. The summed E-state index contributed by atoms with van der Waals surface area (Å²) in [5.74, 6) is -3.94. The zero-order valence-electron chi connectivity index (χ0n) is 45.4. The summed E-state index contributed by atoms with van der Waals surface area (Å²) in [6, 6.07) is 39.6. The number of nitrogens with two attached hydrogens (primary N) is 1. The fourth-order valence-corrected chi connectivity index (χ4v) is 6.05. The van der Waals surface area contributed by atoms with E-state index < -0.39 is 36.7 Å². The van der Waals surface area contributed by atoms with Crippen molar-refractivity contribution < 1.29 is 49.2 Å². The van der Waals surface area contributed by atoms with Gasteiger partial charge in [0.25, 0.3) is 0 Å². The Bertz CT molecular complexity index is 2470. The average molecular weight is 1080 g/mol. The lowest BCUT2D eigenvalue weighted by Crippen LogP contribution is -2.34. The van der Waals surface area contributed by atoms with Crippen LogP contribution in [-0.2, 0) is 60.8 Å². The van der Waals surface area contributed by atoms with Gasteiger partial charge in [0.15, 0.2) is 0 Å². The van der Waals surface area contributed by atoms with Crippen molar-refractivity contribution in [2.75, 3.05) is 41.8 Å². The zero-order chi connectivity index (χ0) is 58.7. The summed E-state index contributed by atoms with van der Waals surface area (Å²) in [6.45, 7) is 22.7. The molecule has 3 amide bonds. The largest absolute Gasteiger partial charge is 0.481 e. The summed E-state index contributed by atoms with van der Waals surface area (Å²) in [4.78, 5) is 70.0. The molecule has 7 N–H and O–H groups in total. The van der Waals surface area contributed by atoms with E-state index in [4.69, 9.17) is 32.0 Å². The summed E-state index contributed by atoms with van der Waals surface area (Å²) in [5, 5.41) is 34.6. The average Bonchev–Trinajstić information content (AvgIpc) is 3.42. The molecular formula is C61H78ClN5O10. The maximum atomic E-state index is 12.4. The van der Waals surface area contributed by atoms with Gasteiger partial charge in [-0.05, 0) is 76.7 Å². The molecule has 414 valence electrons. The second-order valence-electron chi connectivity index (χ2n) is 16.2. The predicted octanol–water partition coefficient (Wildman–Crippen LogP) is 9.98. The zero-order valence-corrected chi connectivity index (χ0v) is 46.1. The van der Waals surface area contributed by atoms with E-state index >= 15 is 0 Å². The summed E-state index contributed by atoms with van der Waals surface area (Å²) >= 11 is 5.60. The SMILES string of the molecule is C=Cc1ccc(CCl)cc1.C=Cc1ccc(CN(C)C(=O)CC(=O)N(C)Cc2ccc(C=C)cc2)cc1.C=Cc1ccc(CN(C)C(=O)CC(=O)O)cc1.C=Cc1ccc(CNC)cc1.CCO.CN.O=C(O)CC(=O)O. The lowest BCUT2D eigenvalue weighted by molar-refractivity contribution is -0.148. The quantitative estimate of drug-likeness (QED) is 0.0316. The third kappa shape index (κ3) is 34.1. The van der Waals surface area contributed by atoms with E-state index in [1.807, 2.05) is 116 Å². The van der Waals surface area contributed by atoms with E-state index in [0.29, 0.717) is 25.5 Å². The number of alkyl halides is 1. The Morgan fingerprint density at radius 1 is 0.455 bits per heavy atom. The maximum absolute atomic E-state index is 12.4. The van der Waals surface area contributed by atoms with Crippen molar-refractivity contribution in [1.82, 2.24) is 20.0 Å². The third-order valence-electron chi connectivity index (χ3n) is 10.1. The van der Waals surface area contributed by atoms with Crippen LogP contribution in [0, 0.1) is 0 Å². The first-order valence-corrected chi connectivity index (χ1v) is 24.6. The predicted molar refractivity (Wildman–Crippen MR) is 314 cm³/mol. The molecular weight excluding hydrogens is 998 g/mol. The van der Waals surface area contributed by atoms with Gasteiger partial charge in [0.05, 0.1) is 0 Å². The Hall–Kier alpha value is -8.21. The van der Waals surface area contributed by atoms with Crippen molar-refractivity contribution >= 4 is 77.6 Å². The highest BCUT2D eigenvalue weighted by Gasteiger charge is 2.18. The Morgan fingerprint density at radius 3 is 0.870 bits per heavy atom. The molecule has 0 atom stereocenters. The minimum absolute atomic E-state index is 0.136. The van der Waals surface area contributed by atoms with Crippen LogP contribution in [0.3, 0.4) is 0 Å². The molecule has 0 bridgehead atoms. The molecule has 5 aromatic carbocycles. The number of carboxylic acid groups (broad SMARTS) is 3. The lowest BCUT2D eigenvalue weighted by Gasteiger charge is -2.21. The molecule has 16 heteroatoms. The van der Waals surface area contributed by atoms with Gasteiger partial charge in [0.1, 0.15) is 19.3 Å². The summed E-state index contributed by atoms with van der Waals surface area (Å²) in [7, 11) is 8.46. The van der Waals surface area contributed by atoms with Gasteiger partial charge in [-0.15, -0.1) is 11.6 Å². The Balaban J connectivity index is 0. The van der Waals surface area contributed by atoms with E-state index in [0.717, 1.165) is 51.1 Å². The smallest absolute Gasteiger partial charge is 0.314 e. The minimum Gasteiger partial charge on any atom is -0.481 e. The Morgan fingerprint density at radius 2 is 0.675 bits per heavy atom. The van der Waals surface area contributed by atoms with Crippen LogP contribution in [0.5, 0.6) is 0 Å². The van der Waals surface area contributed by atoms with Gasteiger partial charge >= 0.3 is 17.9 Å².